The molecule has 1 rings (SSSR count). The monoisotopic (exact) mass is 299 g/mol. The lowest BCUT2D eigenvalue weighted by Gasteiger charge is -2.22. The second kappa shape index (κ2) is 5.65. The van der Waals surface area contributed by atoms with Crippen molar-refractivity contribution in [3.05, 3.63) is 28.2 Å². The summed E-state index contributed by atoms with van der Waals surface area (Å²) >= 11 is 3.41. The molecular weight excluding hydrogens is 282 g/mol. The molecule has 0 fully saturated rings. The van der Waals surface area contributed by atoms with E-state index in [0.717, 1.165) is 15.8 Å². The van der Waals surface area contributed by atoms with Crippen molar-refractivity contribution in [1.82, 2.24) is 5.32 Å². The predicted octanol–water partition coefficient (Wildman–Crippen LogP) is 2.57. The Morgan fingerprint density at radius 3 is 2.59 bits per heavy atom. The van der Waals surface area contributed by atoms with Crippen molar-refractivity contribution in [1.29, 1.82) is 0 Å². The highest BCUT2D eigenvalue weighted by molar-refractivity contribution is 9.10. The van der Waals surface area contributed by atoms with Gasteiger partial charge in [0.25, 0.3) is 0 Å². The number of likely N-dealkylation sites (N-methyl/N-ethyl adjacent to an activating group) is 1. The summed E-state index contributed by atoms with van der Waals surface area (Å²) in [7, 11) is 3.41. The number of rotatable bonds is 5. The van der Waals surface area contributed by atoms with E-state index in [0.29, 0.717) is 6.42 Å². The van der Waals surface area contributed by atoms with Crippen molar-refractivity contribution in [2.45, 2.75) is 25.8 Å². The first-order valence-corrected chi connectivity index (χ1v) is 6.24. The van der Waals surface area contributed by atoms with E-state index in [9.17, 15) is 4.79 Å². The molecule has 1 N–H and O–H groups in total. The Balaban J connectivity index is 2.83. The zero-order chi connectivity index (χ0) is 13.1. The second-order valence-corrected chi connectivity index (χ2v) is 5.30. The van der Waals surface area contributed by atoms with Gasteiger partial charge in [-0.25, -0.2) is 0 Å². The van der Waals surface area contributed by atoms with Gasteiger partial charge in [-0.15, -0.1) is 0 Å². The van der Waals surface area contributed by atoms with Crippen LogP contribution >= 0.6 is 15.9 Å². The minimum absolute atomic E-state index is 0.164. The van der Waals surface area contributed by atoms with Crippen LogP contribution in [-0.2, 0) is 11.2 Å². The number of hydrogen-bond acceptors (Lipinski definition) is 3. The molecule has 0 radical (unpaired) electrons. The SMILES string of the molecule is CNC(C)(C)C(=O)Cc1ccc(OC)c(Br)c1. The Kier molecular flexibility index (Phi) is 4.71. The van der Waals surface area contributed by atoms with Gasteiger partial charge in [0.2, 0.25) is 0 Å². The number of nitrogens with one attached hydrogen (secondary N) is 1. The lowest BCUT2D eigenvalue weighted by molar-refractivity contribution is -0.123. The summed E-state index contributed by atoms with van der Waals surface area (Å²) in [6.45, 7) is 3.77. The van der Waals surface area contributed by atoms with Gasteiger partial charge in [-0.3, -0.25) is 4.79 Å². The van der Waals surface area contributed by atoms with Crippen LogP contribution in [0.4, 0.5) is 0 Å². The van der Waals surface area contributed by atoms with E-state index >= 15 is 0 Å². The molecule has 0 spiro atoms. The van der Waals surface area contributed by atoms with Crippen LogP contribution in [-0.4, -0.2) is 25.5 Å². The molecule has 0 amide bonds. The first-order valence-electron chi connectivity index (χ1n) is 5.45. The van der Waals surface area contributed by atoms with Crippen LogP contribution in [0.3, 0.4) is 0 Å². The number of hydrogen-bond donors (Lipinski definition) is 1. The standard InChI is InChI=1S/C13H18BrNO2/c1-13(2,15-3)12(16)8-9-5-6-11(17-4)10(14)7-9/h5-7,15H,8H2,1-4H3. The van der Waals surface area contributed by atoms with Crippen molar-refractivity contribution in [2.75, 3.05) is 14.2 Å². The molecule has 0 bridgehead atoms. The van der Waals surface area contributed by atoms with E-state index in [1.807, 2.05) is 32.0 Å². The summed E-state index contributed by atoms with van der Waals surface area (Å²) in [5, 5.41) is 3.01. The molecule has 0 heterocycles. The van der Waals surface area contributed by atoms with Crippen LogP contribution < -0.4 is 10.1 Å². The highest BCUT2D eigenvalue weighted by Gasteiger charge is 2.24. The molecule has 0 saturated carbocycles. The Morgan fingerprint density at radius 2 is 2.12 bits per heavy atom. The molecule has 17 heavy (non-hydrogen) atoms. The molecule has 1 aromatic carbocycles. The van der Waals surface area contributed by atoms with Crippen LogP contribution in [0.2, 0.25) is 0 Å². The quantitative estimate of drug-likeness (QED) is 0.908. The summed E-state index contributed by atoms with van der Waals surface area (Å²) in [5.41, 5.74) is 0.484. The molecule has 0 aromatic heterocycles. The molecule has 0 saturated heterocycles. The van der Waals surface area contributed by atoms with Crippen molar-refractivity contribution in [3.8, 4) is 5.75 Å². The smallest absolute Gasteiger partial charge is 0.156 e. The molecular formula is C13H18BrNO2. The number of methoxy groups -OCH3 is 1. The van der Waals surface area contributed by atoms with Gasteiger partial charge in [0, 0.05) is 6.42 Å². The number of ketones is 1. The third kappa shape index (κ3) is 3.54. The minimum Gasteiger partial charge on any atom is -0.496 e. The highest BCUT2D eigenvalue weighted by atomic mass is 79.9. The zero-order valence-electron chi connectivity index (χ0n) is 10.6. The van der Waals surface area contributed by atoms with Gasteiger partial charge in [0.1, 0.15) is 5.75 Å². The van der Waals surface area contributed by atoms with E-state index < -0.39 is 5.54 Å². The van der Waals surface area contributed by atoms with Gasteiger partial charge in [-0.1, -0.05) is 6.07 Å². The molecule has 0 aliphatic rings. The fraction of sp³-hybridized carbons (Fsp3) is 0.462. The van der Waals surface area contributed by atoms with Crippen molar-refractivity contribution in [2.24, 2.45) is 0 Å². The third-order valence-electron chi connectivity index (χ3n) is 2.90. The van der Waals surface area contributed by atoms with Crippen molar-refractivity contribution >= 4 is 21.7 Å². The van der Waals surface area contributed by atoms with E-state index in [1.165, 1.54) is 0 Å². The predicted molar refractivity (Wildman–Crippen MR) is 72.5 cm³/mol. The van der Waals surface area contributed by atoms with Crippen LogP contribution in [0.1, 0.15) is 19.4 Å². The molecule has 1 aromatic rings. The maximum atomic E-state index is 12.0. The van der Waals surface area contributed by atoms with Gasteiger partial charge in [-0.2, -0.15) is 0 Å². The summed E-state index contributed by atoms with van der Waals surface area (Å²) < 4.78 is 6.02. The number of halogens is 1. The van der Waals surface area contributed by atoms with Gasteiger partial charge >= 0.3 is 0 Å². The second-order valence-electron chi connectivity index (χ2n) is 4.44. The largest absolute Gasteiger partial charge is 0.496 e. The molecule has 0 aliphatic carbocycles. The van der Waals surface area contributed by atoms with Gasteiger partial charge < -0.3 is 10.1 Å². The highest BCUT2D eigenvalue weighted by Crippen LogP contribution is 2.26. The molecule has 0 aliphatic heterocycles. The van der Waals surface area contributed by atoms with Gasteiger partial charge in [0.15, 0.2) is 5.78 Å². The lowest BCUT2D eigenvalue weighted by atomic mass is 9.94. The Morgan fingerprint density at radius 1 is 1.47 bits per heavy atom. The number of carbonyl (C=O) groups is 1. The zero-order valence-corrected chi connectivity index (χ0v) is 12.2. The Bertz CT molecular complexity index is 416. The average Bonchev–Trinajstić information content (AvgIpc) is 2.29. The van der Waals surface area contributed by atoms with E-state index in [-0.39, 0.29) is 5.78 Å². The van der Waals surface area contributed by atoms with E-state index in [1.54, 1.807) is 14.2 Å². The van der Waals surface area contributed by atoms with Crippen LogP contribution in [0.5, 0.6) is 5.75 Å². The summed E-state index contributed by atoms with van der Waals surface area (Å²) in [4.78, 5) is 12.0. The maximum Gasteiger partial charge on any atom is 0.156 e. The maximum absolute atomic E-state index is 12.0. The fourth-order valence-electron chi connectivity index (χ4n) is 1.37. The Labute approximate surface area is 111 Å². The molecule has 94 valence electrons. The summed E-state index contributed by atoms with van der Waals surface area (Å²) in [5.74, 6) is 0.936. The fourth-order valence-corrected chi connectivity index (χ4v) is 1.95. The van der Waals surface area contributed by atoms with Crippen molar-refractivity contribution < 1.29 is 9.53 Å². The normalized spacial score (nSPS) is 11.4. The lowest BCUT2D eigenvalue weighted by Crippen LogP contribution is -2.45. The molecule has 0 atom stereocenters. The summed E-state index contributed by atoms with van der Waals surface area (Å²) in [6.07, 6.45) is 0.413. The summed E-state index contributed by atoms with van der Waals surface area (Å²) in [6, 6.07) is 5.69. The van der Waals surface area contributed by atoms with Crippen LogP contribution in [0, 0.1) is 0 Å². The molecule has 4 heteroatoms. The van der Waals surface area contributed by atoms with Gasteiger partial charge in [0.05, 0.1) is 17.1 Å². The van der Waals surface area contributed by atoms with Gasteiger partial charge in [-0.05, 0) is 54.5 Å². The number of carbonyl (C=O) groups excluding carboxylic acids is 1. The van der Waals surface area contributed by atoms with E-state index in [4.69, 9.17) is 4.74 Å². The van der Waals surface area contributed by atoms with Crippen LogP contribution in [0.25, 0.3) is 0 Å². The third-order valence-corrected chi connectivity index (χ3v) is 3.52. The number of Topliss-reactive ketones (excluding diaryl/α,β-unsaturated/α-hetero) is 1. The Hall–Kier alpha value is -0.870. The topological polar surface area (TPSA) is 38.3 Å². The number of ether oxygens (including phenoxy) is 1. The molecule has 0 unspecified atom stereocenters. The first kappa shape index (κ1) is 14.2. The average molecular weight is 300 g/mol. The number of benzene rings is 1. The molecule has 3 nitrogen and oxygen atoms in total. The van der Waals surface area contributed by atoms with Crippen LogP contribution in [0.15, 0.2) is 22.7 Å². The van der Waals surface area contributed by atoms with Crippen molar-refractivity contribution in [3.63, 3.8) is 0 Å². The van der Waals surface area contributed by atoms with E-state index in [2.05, 4.69) is 21.2 Å². The first-order chi connectivity index (χ1) is 7.90. The minimum atomic E-state index is -0.494.